The van der Waals surface area contributed by atoms with Gasteiger partial charge in [0, 0.05) is 44.2 Å². The number of rotatable bonds is 5. The molecule has 3 aliphatic heterocycles. The molecule has 0 radical (unpaired) electrons. The number of benzene rings is 2. The molecule has 3 aromatic rings. The number of nitrogens with zero attached hydrogens (tertiary/aromatic N) is 2. The molecule has 5 aliphatic rings. The highest BCUT2D eigenvalue weighted by Crippen LogP contribution is 2.69. The second kappa shape index (κ2) is 11.0. The number of aromatic amines is 1. The lowest BCUT2D eigenvalue weighted by molar-refractivity contribution is -0.137. The van der Waals surface area contributed by atoms with E-state index >= 15 is 0 Å². The maximum absolute atomic E-state index is 14.0. The van der Waals surface area contributed by atoms with Gasteiger partial charge < -0.3 is 19.4 Å². The molecule has 7 atom stereocenters. The summed E-state index contributed by atoms with van der Waals surface area (Å²) in [5.74, 6) is -0.957. The number of imide groups is 1. The fourth-order valence-electron chi connectivity index (χ4n) is 8.15. The molecule has 8 rings (SSSR count). The third-order valence-electron chi connectivity index (χ3n) is 9.83. The van der Waals surface area contributed by atoms with Gasteiger partial charge in [0.05, 0.1) is 35.8 Å². The number of morpholine rings is 1. The van der Waals surface area contributed by atoms with Crippen molar-refractivity contribution in [1.82, 2.24) is 9.88 Å². The lowest BCUT2D eigenvalue weighted by atomic mass is 9.68. The summed E-state index contributed by atoms with van der Waals surface area (Å²) in [6, 6.07) is 12.6. The third kappa shape index (κ3) is 4.51. The molecule has 228 valence electrons. The lowest BCUT2D eigenvalue weighted by Gasteiger charge is -2.43. The first-order chi connectivity index (χ1) is 21.3. The van der Waals surface area contributed by atoms with Crippen LogP contribution in [-0.2, 0) is 19.1 Å². The minimum atomic E-state index is -0.427. The number of fused-ring (bicyclic) bond motifs is 9. The van der Waals surface area contributed by atoms with Gasteiger partial charge in [0.2, 0.25) is 11.8 Å². The van der Waals surface area contributed by atoms with Crippen LogP contribution in [-0.4, -0.2) is 65.8 Å². The molecule has 2 saturated heterocycles. The van der Waals surface area contributed by atoms with Crippen LogP contribution in [0.4, 0.5) is 5.69 Å². The third-order valence-corrected chi connectivity index (χ3v) is 13.2. The average molecular weight is 717 g/mol. The summed E-state index contributed by atoms with van der Waals surface area (Å²) in [4.78, 5) is 60.5. The SMILES string of the molecule is O=C(COc1ccc(Br)cc1[C@H]1c2sc(=O)[nH]c2SC2C1[C@H]1C[C@@H]2C2C(=O)N(c3ccc(Cl)cc3)C(=O)C21)N1CCOCC1. The van der Waals surface area contributed by atoms with Gasteiger partial charge in [-0.25, -0.2) is 0 Å². The Morgan fingerprint density at radius 3 is 2.52 bits per heavy atom. The van der Waals surface area contributed by atoms with Crippen molar-refractivity contribution in [2.75, 3.05) is 37.8 Å². The van der Waals surface area contributed by atoms with Gasteiger partial charge in [-0.1, -0.05) is 38.9 Å². The molecule has 2 bridgehead atoms. The van der Waals surface area contributed by atoms with E-state index in [-0.39, 0.29) is 58.1 Å². The van der Waals surface area contributed by atoms with E-state index in [0.717, 1.165) is 26.4 Å². The molecule has 4 fully saturated rings. The standard InChI is InChI=1S/C31H27BrClN3O6S2/c32-14-1-6-20(42-13-21(37)35-7-9-41-10-8-35)17(11-14)22-23-18-12-19(26(23)43-28-27(22)44-31(40)34-28)25-24(18)29(38)36(30(25)39)16-4-2-15(33)3-5-16/h1-6,11,18-19,22-26H,7-10,12-13H2,(H,34,40)/t18-,19-,22-,23?,24?,25?,26?/m1/s1. The van der Waals surface area contributed by atoms with Crippen molar-refractivity contribution >= 4 is 74.0 Å². The van der Waals surface area contributed by atoms with Gasteiger partial charge in [-0.2, -0.15) is 0 Å². The van der Waals surface area contributed by atoms with Crippen LogP contribution in [0.3, 0.4) is 0 Å². The predicted molar refractivity (Wildman–Crippen MR) is 169 cm³/mol. The predicted octanol–water partition coefficient (Wildman–Crippen LogP) is 4.77. The highest BCUT2D eigenvalue weighted by Gasteiger charge is 2.69. The number of carbonyl (C=O) groups is 3. The molecule has 2 aliphatic carbocycles. The minimum Gasteiger partial charge on any atom is -0.483 e. The van der Waals surface area contributed by atoms with Crippen LogP contribution < -0.4 is 14.5 Å². The Hall–Kier alpha value is -2.64. The first-order valence-electron chi connectivity index (χ1n) is 14.6. The zero-order valence-corrected chi connectivity index (χ0v) is 27.2. The molecular formula is C31H27BrClN3O6S2. The molecular weight excluding hydrogens is 690 g/mol. The number of nitrogens with one attached hydrogen (secondary N) is 1. The average Bonchev–Trinajstić information content (AvgIpc) is 3.76. The molecule has 2 saturated carbocycles. The Kier molecular flexibility index (Phi) is 7.21. The van der Waals surface area contributed by atoms with Crippen molar-refractivity contribution in [3.05, 3.63) is 72.1 Å². The number of anilines is 1. The Morgan fingerprint density at radius 1 is 1.05 bits per heavy atom. The summed E-state index contributed by atoms with van der Waals surface area (Å²) in [6.45, 7) is 1.97. The molecule has 0 spiro atoms. The quantitative estimate of drug-likeness (QED) is 0.379. The smallest absolute Gasteiger partial charge is 0.305 e. The van der Waals surface area contributed by atoms with E-state index in [1.165, 1.54) is 16.2 Å². The topological polar surface area (TPSA) is 109 Å². The molecule has 4 heterocycles. The number of H-pyrrole nitrogens is 1. The van der Waals surface area contributed by atoms with Crippen molar-refractivity contribution in [3.63, 3.8) is 0 Å². The molecule has 3 amide bonds. The van der Waals surface area contributed by atoms with Crippen molar-refractivity contribution in [2.24, 2.45) is 29.6 Å². The summed E-state index contributed by atoms with van der Waals surface area (Å²) in [6.07, 6.45) is 0.777. The Morgan fingerprint density at radius 2 is 1.77 bits per heavy atom. The first-order valence-corrected chi connectivity index (χ1v) is 17.5. The van der Waals surface area contributed by atoms with Crippen LogP contribution in [0.1, 0.15) is 22.8 Å². The van der Waals surface area contributed by atoms with Gasteiger partial charge >= 0.3 is 4.87 Å². The zero-order valence-electron chi connectivity index (χ0n) is 23.2. The number of hydrogen-bond acceptors (Lipinski definition) is 8. The van der Waals surface area contributed by atoms with Crippen LogP contribution in [0.25, 0.3) is 0 Å². The van der Waals surface area contributed by atoms with Crippen molar-refractivity contribution in [1.29, 1.82) is 0 Å². The zero-order chi connectivity index (χ0) is 30.3. The van der Waals surface area contributed by atoms with Crippen molar-refractivity contribution in [3.8, 4) is 5.75 Å². The van der Waals surface area contributed by atoms with Crippen LogP contribution in [0.15, 0.2) is 56.8 Å². The van der Waals surface area contributed by atoms with E-state index in [4.69, 9.17) is 21.1 Å². The molecule has 4 unspecified atom stereocenters. The Bertz CT molecular complexity index is 1740. The number of thioether (sulfide) groups is 1. The maximum Gasteiger partial charge on any atom is 0.305 e. The first kappa shape index (κ1) is 28.8. The highest BCUT2D eigenvalue weighted by molar-refractivity contribution is 9.10. The summed E-state index contributed by atoms with van der Waals surface area (Å²) in [7, 11) is 0. The van der Waals surface area contributed by atoms with Gasteiger partial charge in [-0.15, -0.1) is 11.8 Å². The molecule has 1 aromatic heterocycles. The Balaban J connectivity index is 1.16. The van der Waals surface area contributed by atoms with Gasteiger partial charge in [-0.3, -0.25) is 24.1 Å². The number of amides is 3. The van der Waals surface area contributed by atoms with Gasteiger partial charge in [-0.05, 0) is 66.6 Å². The summed E-state index contributed by atoms with van der Waals surface area (Å²) in [5.41, 5.74) is 1.41. The fraction of sp³-hybridized carbons (Fsp3) is 0.419. The number of thiazole rings is 1. The molecule has 44 heavy (non-hydrogen) atoms. The maximum atomic E-state index is 14.0. The van der Waals surface area contributed by atoms with Crippen LogP contribution in [0.2, 0.25) is 5.02 Å². The van der Waals surface area contributed by atoms with E-state index in [2.05, 4.69) is 20.9 Å². The van der Waals surface area contributed by atoms with E-state index in [9.17, 15) is 19.2 Å². The summed E-state index contributed by atoms with van der Waals surface area (Å²) >= 11 is 12.6. The van der Waals surface area contributed by atoms with E-state index in [0.29, 0.717) is 42.8 Å². The van der Waals surface area contributed by atoms with Crippen LogP contribution >= 0.6 is 50.6 Å². The van der Waals surface area contributed by atoms with Gasteiger partial charge in [0.25, 0.3) is 5.91 Å². The fourth-order valence-corrected chi connectivity index (χ4v) is 11.5. The van der Waals surface area contributed by atoms with Crippen LogP contribution in [0, 0.1) is 29.6 Å². The van der Waals surface area contributed by atoms with Crippen molar-refractivity contribution < 1.29 is 23.9 Å². The lowest BCUT2D eigenvalue weighted by Crippen LogP contribution is -2.43. The monoisotopic (exact) mass is 715 g/mol. The molecule has 1 N–H and O–H groups in total. The number of aromatic nitrogens is 1. The van der Waals surface area contributed by atoms with E-state index < -0.39 is 11.8 Å². The van der Waals surface area contributed by atoms with Gasteiger partial charge in [0.15, 0.2) is 6.61 Å². The normalized spacial score (nSPS) is 30.4. The number of halogens is 2. The van der Waals surface area contributed by atoms with Crippen molar-refractivity contribution in [2.45, 2.75) is 22.6 Å². The number of carbonyl (C=O) groups excluding carboxylic acids is 3. The largest absolute Gasteiger partial charge is 0.483 e. The number of ether oxygens (including phenoxy) is 2. The molecule has 9 nitrogen and oxygen atoms in total. The van der Waals surface area contributed by atoms with Crippen LogP contribution in [0.5, 0.6) is 5.75 Å². The molecule has 13 heteroatoms. The van der Waals surface area contributed by atoms with E-state index in [1.807, 2.05) is 18.2 Å². The second-order valence-corrected chi connectivity index (χ2v) is 15.5. The molecule has 2 aromatic carbocycles. The summed E-state index contributed by atoms with van der Waals surface area (Å²) in [5, 5.41) is 1.39. The highest BCUT2D eigenvalue weighted by atomic mass is 79.9. The van der Waals surface area contributed by atoms with E-state index in [1.54, 1.807) is 40.9 Å². The Labute approximate surface area is 274 Å². The van der Waals surface area contributed by atoms with Gasteiger partial charge in [0.1, 0.15) is 5.75 Å². The second-order valence-electron chi connectivity index (χ2n) is 11.9. The number of hydrogen-bond donors (Lipinski definition) is 1. The summed E-state index contributed by atoms with van der Waals surface area (Å²) < 4.78 is 12.5. The minimum absolute atomic E-state index is 0.00119.